The van der Waals surface area contributed by atoms with E-state index in [1.54, 1.807) is 0 Å². The molecule has 0 bridgehead atoms. The summed E-state index contributed by atoms with van der Waals surface area (Å²) in [7, 11) is 0. The molecule has 20 heavy (non-hydrogen) atoms. The second-order valence-electron chi connectivity index (χ2n) is 6.69. The van der Waals surface area contributed by atoms with Gasteiger partial charge in [0.05, 0.1) is 5.52 Å². The Balaban J connectivity index is 2.16. The van der Waals surface area contributed by atoms with Gasteiger partial charge in [0.1, 0.15) is 11.6 Å². The number of aromatic nitrogens is 2. The third kappa shape index (κ3) is 2.49. The average Bonchev–Trinajstić information content (AvgIpc) is 2.46. The second-order valence-corrected chi connectivity index (χ2v) is 6.69. The van der Waals surface area contributed by atoms with Crippen LogP contribution >= 0.6 is 0 Å². The molecule has 0 amide bonds. The van der Waals surface area contributed by atoms with Crippen LogP contribution in [0.5, 0.6) is 0 Å². The van der Waals surface area contributed by atoms with Gasteiger partial charge in [0, 0.05) is 23.9 Å². The Kier molecular flexibility index (Phi) is 3.36. The number of para-hydroxylation sites is 1. The van der Waals surface area contributed by atoms with Gasteiger partial charge in [-0.05, 0) is 31.4 Å². The van der Waals surface area contributed by atoms with Crippen LogP contribution in [0.3, 0.4) is 0 Å². The molecule has 0 saturated carbocycles. The first kappa shape index (κ1) is 13.3. The van der Waals surface area contributed by atoms with E-state index in [1.807, 2.05) is 0 Å². The van der Waals surface area contributed by atoms with Crippen LogP contribution in [0.1, 0.15) is 45.9 Å². The van der Waals surface area contributed by atoms with E-state index in [2.05, 4.69) is 49.9 Å². The van der Waals surface area contributed by atoms with E-state index in [4.69, 9.17) is 9.97 Å². The van der Waals surface area contributed by atoms with Crippen molar-refractivity contribution in [2.45, 2.75) is 45.4 Å². The molecular weight excluding hydrogens is 246 g/mol. The lowest BCUT2D eigenvalue weighted by Crippen LogP contribution is -2.31. The van der Waals surface area contributed by atoms with Crippen LogP contribution in [0.2, 0.25) is 0 Å². The molecule has 1 aliphatic rings. The SMILES string of the molecule is CC(C)(C)c1nc(N2CCCCC2)c2ccccc2n1. The highest BCUT2D eigenvalue weighted by atomic mass is 15.2. The van der Waals surface area contributed by atoms with E-state index < -0.39 is 0 Å². The smallest absolute Gasteiger partial charge is 0.140 e. The molecule has 3 rings (SSSR count). The molecule has 0 spiro atoms. The Morgan fingerprint density at radius 3 is 2.35 bits per heavy atom. The highest BCUT2D eigenvalue weighted by Gasteiger charge is 2.22. The summed E-state index contributed by atoms with van der Waals surface area (Å²) >= 11 is 0. The highest BCUT2D eigenvalue weighted by molar-refractivity contribution is 5.89. The van der Waals surface area contributed by atoms with Crippen LogP contribution in [0.15, 0.2) is 24.3 Å². The van der Waals surface area contributed by atoms with Gasteiger partial charge in [-0.2, -0.15) is 0 Å². The van der Waals surface area contributed by atoms with Gasteiger partial charge in [0.25, 0.3) is 0 Å². The predicted molar refractivity (Wildman–Crippen MR) is 84.3 cm³/mol. The molecule has 1 aromatic heterocycles. The van der Waals surface area contributed by atoms with Gasteiger partial charge in [0.2, 0.25) is 0 Å². The highest BCUT2D eigenvalue weighted by Crippen LogP contribution is 2.29. The van der Waals surface area contributed by atoms with Crippen LogP contribution < -0.4 is 4.90 Å². The monoisotopic (exact) mass is 269 g/mol. The zero-order valence-corrected chi connectivity index (χ0v) is 12.7. The van der Waals surface area contributed by atoms with Crippen LogP contribution in [0, 0.1) is 0 Å². The molecule has 1 aromatic carbocycles. The Morgan fingerprint density at radius 1 is 0.950 bits per heavy atom. The van der Waals surface area contributed by atoms with Crippen molar-refractivity contribution in [1.29, 1.82) is 0 Å². The predicted octanol–water partition coefficient (Wildman–Crippen LogP) is 3.92. The van der Waals surface area contributed by atoms with Crippen molar-refractivity contribution < 1.29 is 0 Å². The van der Waals surface area contributed by atoms with Crippen molar-refractivity contribution in [2.75, 3.05) is 18.0 Å². The third-order valence-electron chi connectivity index (χ3n) is 3.91. The van der Waals surface area contributed by atoms with Gasteiger partial charge >= 0.3 is 0 Å². The summed E-state index contributed by atoms with van der Waals surface area (Å²) in [5, 5.41) is 1.18. The number of nitrogens with zero attached hydrogens (tertiary/aromatic N) is 3. The molecule has 106 valence electrons. The molecule has 0 atom stereocenters. The van der Waals surface area contributed by atoms with Crippen molar-refractivity contribution in [3.05, 3.63) is 30.1 Å². The molecule has 3 nitrogen and oxygen atoms in total. The van der Waals surface area contributed by atoms with Crippen molar-refractivity contribution in [3.63, 3.8) is 0 Å². The first-order valence-electron chi connectivity index (χ1n) is 7.58. The maximum absolute atomic E-state index is 4.91. The van der Waals surface area contributed by atoms with Gasteiger partial charge in [0.15, 0.2) is 0 Å². The van der Waals surface area contributed by atoms with Crippen molar-refractivity contribution in [3.8, 4) is 0 Å². The molecular formula is C17H23N3. The van der Waals surface area contributed by atoms with Gasteiger partial charge in [-0.1, -0.05) is 32.9 Å². The van der Waals surface area contributed by atoms with Crippen LogP contribution in [-0.2, 0) is 5.41 Å². The zero-order valence-electron chi connectivity index (χ0n) is 12.7. The van der Waals surface area contributed by atoms with Gasteiger partial charge in [-0.25, -0.2) is 9.97 Å². The topological polar surface area (TPSA) is 29.0 Å². The molecule has 1 fully saturated rings. The van der Waals surface area contributed by atoms with Gasteiger partial charge < -0.3 is 4.90 Å². The van der Waals surface area contributed by atoms with E-state index in [0.29, 0.717) is 0 Å². The summed E-state index contributed by atoms with van der Waals surface area (Å²) < 4.78 is 0. The van der Waals surface area contributed by atoms with E-state index in [9.17, 15) is 0 Å². The number of hydrogen-bond acceptors (Lipinski definition) is 3. The molecule has 0 aliphatic carbocycles. The average molecular weight is 269 g/mol. The normalized spacial score (nSPS) is 16.6. The summed E-state index contributed by atoms with van der Waals surface area (Å²) in [6.07, 6.45) is 3.87. The second kappa shape index (κ2) is 5.04. The van der Waals surface area contributed by atoms with Gasteiger partial charge in [-0.3, -0.25) is 0 Å². The van der Waals surface area contributed by atoms with E-state index in [1.165, 1.54) is 24.6 Å². The fourth-order valence-electron chi connectivity index (χ4n) is 2.74. The lowest BCUT2D eigenvalue weighted by molar-refractivity contribution is 0.539. The Morgan fingerprint density at radius 2 is 1.65 bits per heavy atom. The minimum absolute atomic E-state index is 0.0193. The minimum Gasteiger partial charge on any atom is -0.356 e. The number of anilines is 1. The molecule has 0 radical (unpaired) electrons. The summed E-state index contributed by atoms with van der Waals surface area (Å²) in [4.78, 5) is 12.1. The summed E-state index contributed by atoms with van der Waals surface area (Å²) in [5.41, 5.74) is 1.04. The summed E-state index contributed by atoms with van der Waals surface area (Å²) in [6.45, 7) is 8.76. The Bertz CT molecular complexity index is 607. The molecule has 2 heterocycles. The maximum Gasteiger partial charge on any atom is 0.140 e. The molecule has 0 unspecified atom stereocenters. The van der Waals surface area contributed by atoms with E-state index >= 15 is 0 Å². The number of benzene rings is 1. The first-order valence-corrected chi connectivity index (χ1v) is 7.58. The lowest BCUT2D eigenvalue weighted by Gasteiger charge is -2.30. The van der Waals surface area contributed by atoms with Crippen molar-refractivity contribution in [1.82, 2.24) is 9.97 Å². The number of hydrogen-bond donors (Lipinski definition) is 0. The third-order valence-corrected chi connectivity index (χ3v) is 3.91. The Hall–Kier alpha value is -1.64. The lowest BCUT2D eigenvalue weighted by atomic mass is 9.95. The van der Waals surface area contributed by atoms with E-state index in [-0.39, 0.29) is 5.41 Å². The van der Waals surface area contributed by atoms with Crippen LogP contribution in [0.4, 0.5) is 5.82 Å². The summed E-state index contributed by atoms with van der Waals surface area (Å²) in [5.74, 6) is 2.07. The van der Waals surface area contributed by atoms with E-state index in [0.717, 1.165) is 30.2 Å². The first-order chi connectivity index (χ1) is 9.55. The fourth-order valence-corrected chi connectivity index (χ4v) is 2.74. The number of rotatable bonds is 1. The van der Waals surface area contributed by atoms with Crippen molar-refractivity contribution >= 4 is 16.7 Å². The number of piperidine rings is 1. The quantitative estimate of drug-likeness (QED) is 0.785. The zero-order chi connectivity index (χ0) is 14.2. The van der Waals surface area contributed by atoms with Crippen molar-refractivity contribution in [2.24, 2.45) is 0 Å². The largest absolute Gasteiger partial charge is 0.356 e. The van der Waals surface area contributed by atoms with Crippen LogP contribution in [-0.4, -0.2) is 23.1 Å². The fraction of sp³-hybridized carbons (Fsp3) is 0.529. The van der Waals surface area contributed by atoms with Gasteiger partial charge in [-0.15, -0.1) is 0 Å². The molecule has 1 saturated heterocycles. The molecule has 0 N–H and O–H groups in total. The molecule has 3 heteroatoms. The molecule has 1 aliphatic heterocycles. The standard InChI is InChI=1S/C17H23N3/c1-17(2,3)16-18-14-10-6-5-9-13(14)15(19-16)20-11-7-4-8-12-20/h5-6,9-10H,4,7-8,11-12H2,1-3H3. The Labute approximate surface area is 121 Å². The molecule has 2 aromatic rings. The van der Waals surface area contributed by atoms with Crippen LogP contribution in [0.25, 0.3) is 10.9 Å². The summed E-state index contributed by atoms with van der Waals surface area (Å²) in [6, 6.07) is 8.38. The minimum atomic E-state index is -0.0193. The maximum atomic E-state index is 4.91. The number of fused-ring (bicyclic) bond motifs is 1.